The average Bonchev–Trinajstić information content (AvgIpc) is 2.20. The zero-order valence-electron chi connectivity index (χ0n) is 8.08. The molecule has 0 spiro atoms. The van der Waals surface area contributed by atoms with Crippen molar-refractivity contribution < 1.29 is 18.0 Å². The highest BCUT2D eigenvalue weighted by atomic mass is 19.3. The number of alkyl halides is 2. The predicted octanol–water partition coefficient (Wildman–Crippen LogP) is 2.05. The fraction of sp³-hybridized carbons (Fsp3) is 0.300. The lowest BCUT2D eigenvalue weighted by molar-refractivity contribution is -0.141. The highest BCUT2D eigenvalue weighted by Crippen LogP contribution is 2.07. The second kappa shape index (κ2) is 4.82. The summed E-state index contributed by atoms with van der Waals surface area (Å²) in [6.07, 6.45) is -3.00. The van der Waals surface area contributed by atoms with Gasteiger partial charge >= 0.3 is 6.43 Å². The fourth-order valence-electron chi connectivity index (χ4n) is 1.11. The summed E-state index contributed by atoms with van der Waals surface area (Å²) in [6.45, 7) is 0.0451. The van der Waals surface area contributed by atoms with Crippen LogP contribution in [0.1, 0.15) is 5.56 Å². The van der Waals surface area contributed by atoms with Gasteiger partial charge in [-0.2, -0.15) is 8.78 Å². The van der Waals surface area contributed by atoms with Crippen LogP contribution in [0.4, 0.5) is 13.2 Å². The third kappa shape index (κ3) is 3.27. The first-order valence-corrected chi connectivity index (χ1v) is 4.28. The van der Waals surface area contributed by atoms with Gasteiger partial charge in [-0.3, -0.25) is 4.79 Å². The highest BCUT2D eigenvalue weighted by molar-refractivity contribution is 5.78. The molecule has 0 bridgehead atoms. The van der Waals surface area contributed by atoms with Gasteiger partial charge in [0.05, 0.1) is 0 Å². The van der Waals surface area contributed by atoms with Crippen LogP contribution in [-0.2, 0) is 11.3 Å². The summed E-state index contributed by atoms with van der Waals surface area (Å²) in [5, 5.41) is 0. The van der Waals surface area contributed by atoms with E-state index in [1.54, 1.807) is 0 Å². The quantitative estimate of drug-likeness (QED) is 0.758. The van der Waals surface area contributed by atoms with E-state index in [-0.39, 0.29) is 6.54 Å². The third-order valence-corrected chi connectivity index (χ3v) is 1.90. The van der Waals surface area contributed by atoms with Crippen molar-refractivity contribution in [2.45, 2.75) is 13.0 Å². The van der Waals surface area contributed by atoms with Crippen molar-refractivity contribution >= 4 is 5.91 Å². The summed E-state index contributed by atoms with van der Waals surface area (Å²) in [5.41, 5.74) is 0.605. The molecule has 5 heteroatoms. The predicted molar refractivity (Wildman–Crippen MR) is 48.9 cm³/mol. The van der Waals surface area contributed by atoms with E-state index in [1.807, 2.05) is 0 Å². The Balaban J connectivity index is 2.62. The molecule has 0 radical (unpaired) electrons. The molecule has 0 saturated heterocycles. The fourth-order valence-corrected chi connectivity index (χ4v) is 1.11. The molecule has 1 aromatic carbocycles. The van der Waals surface area contributed by atoms with Gasteiger partial charge in [-0.15, -0.1) is 0 Å². The first-order valence-electron chi connectivity index (χ1n) is 4.28. The van der Waals surface area contributed by atoms with E-state index in [0.29, 0.717) is 5.56 Å². The molecule has 1 amide bonds. The van der Waals surface area contributed by atoms with Crippen LogP contribution in [0.2, 0.25) is 0 Å². The minimum Gasteiger partial charge on any atom is -0.336 e. The van der Waals surface area contributed by atoms with Crippen molar-refractivity contribution in [2.75, 3.05) is 7.05 Å². The molecule has 0 aliphatic rings. The Morgan fingerprint density at radius 1 is 1.33 bits per heavy atom. The van der Waals surface area contributed by atoms with Crippen molar-refractivity contribution in [1.82, 2.24) is 4.90 Å². The zero-order valence-corrected chi connectivity index (χ0v) is 8.08. The summed E-state index contributed by atoms with van der Waals surface area (Å²) in [6, 6.07) is 5.33. The lowest BCUT2D eigenvalue weighted by atomic mass is 10.2. The molecule has 82 valence electrons. The van der Waals surface area contributed by atoms with Crippen LogP contribution in [-0.4, -0.2) is 24.3 Å². The number of hydrogen-bond acceptors (Lipinski definition) is 1. The average molecular weight is 217 g/mol. The highest BCUT2D eigenvalue weighted by Gasteiger charge is 2.19. The van der Waals surface area contributed by atoms with Crippen LogP contribution in [0.15, 0.2) is 24.3 Å². The third-order valence-electron chi connectivity index (χ3n) is 1.90. The van der Waals surface area contributed by atoms with E-state index in [0.717, 1.165) is 4.90 Å². The second-order valence-corrected chi connectivity index (χ2v) is 3.12. The van der Waals surface area contributed by atoms with E-state index in [2.05, 4.69) is 0 Å². The van der Waals surface area contributed by atoms with Crippen LogP contribution in [0.25, 0.3) is 0 Å². The number of carbonyl (C=O) groups excluding carboxylic acids is 1. The van der Waals surface area contributed by atoms with Gasteiger partial charge in [0.15, 0.2) is 0 Å². The molecule has 15 heavy (non-hydrogen) atoms. The maximum Gasteiger partial charge on any atom is 0.315 e. The molecule has 0 atom stereocenters. The molecule has 1 aromatic rings. The van der Waals surface area contributed by atoms with Gasteiger partial charge in [-0.05, 0) is 17.7 Å². The molecule has 0 aliphatic heterocycles. The molecule has 0 saturated carbocycles. The molecule has 1 rings (SSSR count). The van der Waals surface area contributed by atoms with Crippen molar-refractivity contribution in [2.24, 2.45) is 0 Å². The van der Waals surface area contributed by atoms with Crippen molar-refractivity contribution in [3.05, 3.63) is 35.6 Å². The molecular weight excluding hydrogens is 207 g/mol. The Hall–Kier alpha value is -1.52. The molecule has 2 nitrogen and oxygen atoms in total. The van der Waals surface area contributed by atoms with Gasteiger partial charge in [0.1, 0.15) is 5.82 Å². The number of rotatable bonds is 3. The summed E-state index contributed by atoms with van der Waals surface area (Å²) in [5.74, 6) is -1.64. The number of carbonyl (C=O) groups is 1. The van der Waals surface area contributed by atoms with Gasteiger partial charge < -0.3 is 4.90 Å². The van der Waals surface area contributed by atoms with Crippen molar-refractivity contribution in [3.63, 3.8) is 0 Å². The molecule has 0 aromatic heterocycles. The Morgan fingerprint density at radius 3 is 2.33 bits per heavy atom. The van der Waals surface area contributed by atoms with Crippen LogP contribution in [0.5, 0.6) is 0 Å². The molecule has 0 N–H and O–H groups in total. The Kier molecular flexibility index (Phi) is 3.71. The molecule has 0 heterocycles. The zero-order chi connectivity index (χ0) is 11.4. The normalized spacial score (nSPS) is 10.5. The van der Waals surface area contributed by atoms with Crippen LogP contribution in [0.3, 0.4) is 0 Å². The van der Waals surface area contributed by atoms with Crippen molar-refractivity contribution in [3.8, 4) is 0 Å². The first-order chi connectivity index (χ1) is 7.00. The minimum atomic E-state index is -3.00. The topological polar surface area (TPSA) is 20.3 Å². The van der Waals surface area contributed by atoms with E-state index >= 15 is 0 Å². The smallest absolute Gasteiger partial charge is 0.315 e. The molecule has 0 aliphatic carbocycles. The lowest BCUT2D eigenvalue weighted by Gasteiger charge is -2.16. The first kappa shape index (κ1) is 11.6. The maximum absolute atomic E-state index is 12.5. The van der Waals surface area contributed by atoms with Gasteiger partial charge in [-0.1, -0.05) is 12.1 Å². The Morgan fingerprint density at radius 2 is 1.87 bits per heavy atom. The lowest BCUT2D eigenvalue weighted by Crippen LogP contribution is -2.31. The van der Waals surface area contributed by atoms with E-state index in [9.17, 15) is 18.0 Å². The van der Waals surface area contributed by atoms with Gasteiger partial charge in [0, 0.05) is 13.6 Å². The van der Waals surface area contributed by atoms with E-state index < -0.39 is 18.1 Å². The molecular formula is C10H10F3NO. The van der Waals surface area contributed by atoms with Gasteiger partial charge in [0.25, 0.3) is 5.91 Å². The largest absolute Gasteiger partial charge is 0.336 e. The Bertz CT molecular complexity index is 337. The Labute approximate surface area is 85.3 Å². The number of benzene rings is 1. The summed E-state index contributed by atoms with van der Waals surface area (Å²) in [4.78, 5) is 11.7. The minimum absolute atomic E-state index is 0.0451. The second-order valence-electron chi connectivity index (χ2n) is 3.12. The van der Waals surface area contributed by atoms with Gasteiger partial charge in [0.2, 0.25) is 0 Å². The van der Waals surface area contributed by atoms with Crippen LogP contribution < -0.4 is 0 Å². The van der Waals surface area contributed by atoms with Crippen molar-refractivity contribution in [1.29, 1.82) is 0 Å². The van der Waals surface area contributed by atoms with Crippen LogP contribution >= 0.6 is 0 Å². The van der Waals surface area contributed by atoms with Gasteiger partial charge in [-0.25, -0.2) is 4.39 Å². The number of hydrogen-bond donors (Lipinski definition) is 0. The SMILES string of the molecule is CN(Cc1ccc(F)cc1)C(=O)C(F)F. The number of amides is 1. The summed E-state index contributed by atoms with van der Waals surface area (Å²) >= 11 is 0. The van der Waals surface area contributed by atoms with E-state index in [1.165, 1.54) is 31.3 Å². The number of halogens is 3. The monoisotopic (exact) mass is 217 g/mol. The summed E-state index contributed by atoms with van der Waals surface area (Å²) < 4.78 is 36.5. The van der Waals surface area contributed by atoms with E-state index in [4.69, 9.17) is 0 Å². The maximum atomic E-state index is 12.5. The summed E-state index contributed by atoms with van der Waals surface area (Å²) in [7, 11) is 1.28. The molecule has 0 unspecified atom stereocenters. The number of nitrogens with zero attached hydrogens (tertiary/aromatic N) is 1. The molecule has 0 fully saturated rings. The van der Waals surface area contributed by atoms with Crippen LogP contribution in [0, 0.1) is 5.82 Å². The standard InChI is InChI=1S/C10H10F3NO/c1-14(10(15)9(12)13)6-7-2-4-8(11)5-3-7/h2-5,9H,6H2,1H3.